The van der Waals surface area contributed by atoms with Crippen LogP contribution in [0.15, 0.2) is 60.7 Å². The Bertz CT molecular complexity index is 467. The zero-order valence-electron chi connectivity index (χ0n) is 13.1. The zero-order chi connectivity index (χ0) is 15.5. The van der Waals surface area contributed by atoms with Crippen LogP contribution in [0.5, 0.6) is 0 Å². The smallest absolute Gasteiger partial charge is 0.123 e. The number of hydrogen-bond donors (Lipinski definition) is 0. The lowest BCUT2D eigenvalue weighted by atomic mass is 10.1. The van der Waals surface area contributed by atoms with E-state index >= 15 is 0 Å². The Morgan fingerprint density at radius 3 is 1.81 bits per heavy atom. The third-order valence-corrected chi connectivity index (χ3v) is 2.91. The predicted octanol–water partition coefficient (Wildman–Crippen LogP) is 5.46. The van der Waals surface area contributed by atoms with Crippen molar-refractivity contribution in [3.8, 4) is 0 Å². The molecule has 1 unspecified atom stereocenters. The zero-order valence-corrected chi connectivity index (χ0v) is 13.1. The van der Waals surface area contributed by atoms with Crippen molar-refractivity contribution in [2.75, 3.05) is 0 Å². The van der Waals surface area contributed by atoms with E-state index in [1.807, 2.05) is 18.2 Å². The maximum absolute atomic E-state index is 11.9. The van der Waals surface area contributed by atoms with Crippen LogP contribution in [0.4, 0.5) is 4.39 Å². The molecule has 114 valence electrons. The summed E-state index contributed by atoms with van der Waals surface area (Å²) in [6.07, 6.45) is 1.49. The van der Waals surface area contributed by atoms with Crippen LogP contribution in [0.3, 0.4) is 0 Å². The minimum absolute atomic E-state index is 0.178. The molecule has 0 N–H and O–H groups in total. The first-order valence-electron chi connectivity index (χ1n) is 7.44. The van der Waals surface area contributed by atoms with Gasteiger partial charge < -0.3 is 4.74 Å². The summed E-state index contributed by atoms with van der Waals surface area (Å²) in [6.45, 7) is 7.32. The van der Waals surface area contributed by atoms with Gasteiger partial charge in [0.25, 0.3) is 0 Å². The molecule has 1 atom stereocenters. The van der Waals surface area contributed by atoms with Crippen molar-refractivity contribution in [1.29, 1.82) is 0 Å². The number of halogens is 1. The molecule has 0 amide bonds. The Morgan fingerprint density at radius 2 is 1.38 bits per heavy atom. The predicted molar refractivity (Wildman–Crippen MR) is 86.5 cm³/mol. The van der Waals surface area contributed by atoms with E-state index in [9.17, 15) is 4.39 Å². The van der Waals surface area contributed by atoms with Gasteiger partial charge >= 0.3 is 0 Å². The van der Waals surface area contributed by atoms with Gasteiger partial charge in [0.1, 0.15) is 5.82 Å². The minimum Gasteiger partial charge on any atom is -0.374 e. The SMILES string of the molecule is CC(C)CC(C)OCc1ccccc1.Fc1ccccc1. The lowest BCUT2D eigenvalue weighted by Gasteiger charge is -2.14. The fourth-order valence-corrected chi connectivity index (χ4v) is 1.96. The number of benzene rings is 2. The van der Waals surface area contributed by atoms with E-state index in [4.69, 9.17) is 4.74 Å². The second-order valence-electron chi connectivity index (χ2n) is 5.53. The highest BCUT2D eigenvalue weighted by molar-refractivity contribution is 5.13. The largest absolute Gasteiger partial charge is 0.374 e. The standard InChI is InChI=1S/C13H20O.C6H5F/c1-11(2)9-12(3)14-10-13-7-5-4-6-8-13;7-6-4-2-1-3-5-6/h4-8,11-12H,9-10H2,1-3H3;1-5H. The fraction of sp³-hybridized carbons (Fsp3) is 0.368. The molecule has 0 fully saturated rings. The first-order valence-corrected chi connectivity index (χ1v) is 7.44. The van der Waals surface area contributed by atoms with Crippen molar-refractivity contribution in [2.24, 2.45) is 5.92 Å². The average molecular weight is 288 g/mol. The first kappa shape index (κ1) is 17.4. The molecule has 2 aromatic carbocycles. The summed E-state index contributed by atoms with van der Waals surface area (Å²) < 4.78 is 17.6. The van der Waals surface area contributed by atoms with Crippen molar-refractivity contribution < 1.29 is 9.13 Å². The van der Waals surface area contributed by atoms with E-state index in [0.717, 1.165) is 13.0 Å². The molecule has 21 heavy (non-hydrogen) atoms. The molecule has 0 saturated carbocycles. The van der Waals surface area contributed by atoms with Gasteiger partial charge in [0.05, 0.1) is 12.7 Å². The van der Waals surface area contributed by atoms with Gasteiger partial charge in [-0.1, -0.05) is 62.4 Å². The van der Waals surface area contributed by atoms with Crippen LogP contribution >= 0.6 is 0 Å². The molecule has 0 aliphatic heterocycles. The Balaban J connectivity index is 0.000000262. The third kappa shape index (κ3) is 8.98. The monoisotopic (exact) mass is 288 g/mol. The van der Waals surface area contributed by atoms with Crippen LogP contribution in [0.2, 0.25) is 0 Å². The third-order valence-electron chi connectivity index (χ3n) is 2.91. The molecular weight excluding hydrogens is 263 g/mol. The fourth-order valence-electron chi connectivity index (χ4n) is 1.96. The van der Waals surface area contributed by atoms with E-state index < -0.39 is 0 Å². The quantitative estimate of drug-likeness (QED) is 0.709. The normalized spacial score (nSPS) is 11.7. The second kappa shape index (κ2) is 10.1. The molecule has 0 bridgehead atoms. The summed E-state index contributed by atoms with van der Waals surface area (Å²) in [6, 6.07) is 18.3. The van der Waals surface area contributed by atoms with Gasteiger partial charge in [-0.25, -0.2) is 4.39 Å². The number of rotatable bonds is 5. The van der Waals surface area contributed by atoms with Crippen LogP contribution in [0.25, 0.3) is 0 Å². The minimum atomic E-state index is -0.178. The summed E-state index contributed by atoms with van der Waals surface area (Å²) in [5.74, 6) is 0.531. The van der Waals surface area contributed by atoms with E-state index in [-0.39, 0.29) is 5.82 Å². The van der Waals surface area contributed by atoms with Crippen LogP contribution in [0.1, 0.15) is 32.8 Å². The van der Waals surface area contributed by atoms with Gasteiger partial charge in [0, 0.05) is 0 Å². The van der Waals surface area contributed by atoms with Gasteiger partial charge in [-0.3, -0.25) is 0 Å². The average Bonchev–Trinajstić information content (AvgIpc) is 2.47. The summed E-state index contributed by atoms with van der Waals surface area (Å²) in [5, 5.41) is 0. The molecule has 0 spiro atoms. The van der Waals surface area contributed by atoms with Crippen molar-refractivity contribution >= 4 is 0 Å². The van der Waals surface area contributed by atoms with Crippen LogP contribution < -0.4 is 0 Å². The Kier molecular flexibility index (Phi) is 8.37. The van der Waals surface area contributed by atoms with E-state index in [2.05, 4.69) is 32.9 Å². The van der Waals surface area contributed by atoms with Crippen molar-refractivity contribution in [1.82, 2.24) is 0 Å². The highest BCUT2D eigenvalue weighted by atomic mass is 19.1. The van der Waals surface area contributed by atoms with Crippen LogP contribution in [-0.2, 0) is 11.3 Å². The molecule has 0 aliphatic rings. The van der Waals surface area contributed by atoms with Crippen molar-refractivity contribution in [2.45, 2.75) is 39.9 Å². The highest BCUT2D eigenvalue weighted by Crippen LogP contribution is 2.10. The van der Waals surface area contributed by atoms with Gasteiger partial charge in [-0.2, -0.15) is 0 Å². The van der Waals surface area contributed by atoms with Crippen molar-refractivity contribution in [3.05, 3.63) is 72.0 Å². The highest BCUT2D eigenvalue weighted by Gasteiger charge is 2.04. The molecule has 0 saturated heterocycles. The molecular formula is C19H25FO. The Labute approximate surface area is 127 Å². The lowest BCUT2D eigenvalue weighted by Crippen LogP contribution is -2.10. The topological polar surface area (TPSA) is 9.23 Å². The molecule has 2 heteroatoms. The molecule has 0 radical (unpaired) electrons. The number of ether oxygens (including phenoxy) is 1. The lowest BCUT2D eigenvalue weighted by molar-refractivity contribution is 0.0397. The second-order valence-corrected chi connectivity index (χ2v) is 5.53. The van der Waals surface area contributed by atoms with Crippen LogP contribution in [0, 0.1) is 11.7 Å². The summed E-state index contributed by atoms with van der Waals surface area (Å²) in [7, 11) is 0. The molecule has 2 rings (SSSR count). The maximum Gasteiger partial charge on any atom is 0.123 e. The molecule has 1 nitrogen and oxygen atoms in total. The Morgan fingerprint density at radius 1 is 0.857 bits per heavy atom. The van der Waals surface area contributed by atoms with Gasteiger partial charge in [0.15, 0.2) is 0 Å². The van der Waals surface area contributed by atoms with Crippen molar-refractivity contribution in [3.63, 3.8) is 0 Å². The summed E-state index contributed by atoms with van der Waals surface area (Å²) in [4.78, 5) is 0. The number of hydrogen-bond acceptors (Lipinski definition) is 1. The molecule has 2 aromatic rings. The van der Waals surface area contributed by atoms with Crippen LogP contribution in [-0.4, -0.2) is 6.10 Å². The molecule has 0 aliphatic carbocycles. The Hall–Kier alpha value is -1.67. The summed E-state index contributed by atoms with van der Waals surface area (Å²) in [5.41, 5.74) is 1.25. The molecule has 0 heterocycles. The van der Waals surface area contributed by atoms with Gasteiger partial charge in [0.2, 0.25) is 0 Å². The maximum atomic E-state index is 11.9. The molecule has 0 aromatic heterocycles. The van der Waals surface area contributed by atoms with Gasteiger partial charge in [-0.05, 0) is 37.0 Å². The first-order chi connectivity index (χ1) is 10.1. The van der Waals surface area contributed by atoms with Gasteiger partial charge in [-0.15, -0.1) is 0 Å². The van der Waals surface area contributed by atoms with E-state index in [0.29, 0.717) is 12.0 Å². The van der Waals surface area contributed by atoms with E-state index in [1.54, 1.807) is 18.2 Å². The van der Waals surface area contributed by atoms with E-state index in [1.165, 1.54) is 17.7 Å². The summed E-state index contributed by atoms with van der Waals surface area (Å²) >= 11 is 0.